The van der Waals surface area contributed by atoms with Crippen molar-refractivity contribution in [3.05, 3.63) is 23.7 Å². The second kappa shape index (κ2) is 9.67. The monoisotopic (exact) mass is 486 g/mol. The highest BCUT2D eigenvalue weighted by Gasteiger charge is 2.42. The summed E-state index contributed by atoms with van der Waals surface area (Å²) in [6.07, 6.45) is 2.50. The molecule has 0 radical (unpaired) electrons. The molecule has 3 aromatic rings. The molecule has 0 spiro atoms. The fourth-order valence-corrected chi connectivity index (χ4v) is 5.65. The number of hydrogen-bond donors (Lipinski definition) is 5. The number of pyridine rings is 1. The van der Waals surface area contributed by atoms with Crippen molar-refractivity contribution in [2.24, 2.45) is 5.92 Å². The molecule has 3 heterocycles. The molecule has 0 amide bonds. The van der Waals surface area contributed by atoms with Gasteiger partial charge >= 0.3 is 0 Å². The second-order valence-corrected chi connectivity index (χ2v) is 10.0. The molecule has 0 unspecified atom stereocenters. The fraction of sp³-hybridized carbons (Fsp3) is 0.565. The van der Waals surface area contributed by atoms with E-state index >= 15 is 0 Å². The van der Waals surface area contributed by atoms with Gasteiger partial charge in [-0.3, -0.25) is 4.98 Å². The van der Waals surface area contributed by atoms with Crippen molar-refractivity contribution in [2.75, 3.05) is 37.5 Å². The van der Waals surface area contributed by atoms with E-state index in [0.717, 1.165) is 45.0 Å². The summed E-state index contributed by atoms with van der Waals surface area (Å²) in [4.78, 5) is 18.9. The molecule has 2 aliphatic rings. The number of thiazole rings is 1. The largest absolute Gasteiger partial charge is 0.396 e. The van der Waals surface area contributed by atoms with Gasteiger partial charge in [0.15, 0.2) is 0 Å². The van der Waals surface area contributed by atoms with Crippen LogP contribution in [-0.2, 0) is 4.74 Å². The Hall–Kier alpha value is -2.44. The van der Waals surface area contributed by atoms with E-state index < -0.39 is 18.2 Å². The maximum absolute atomic E-state index is 10.6. The molecule has 5 rings (SSSR count). The maximum Gasteiger partial charge on any atom is 0.224 e. The summed E-state index contributed by atoms with van der Waals surface area (Å²) in [6.45, 7) is 2.79. The number of rotatable bonds is 9. The fourth-order valence-electron chi connectivity index (χ4n) is 4.58. The van der Waals surface area contributed by atoms with E-state index in [-0.39, 0.29) is 12.5 Å². The second-order valence-electron chi connectivity index (χ2n) is 9.02. The van der Waals surface area contributed by atoms with Gasteiger partial charge in [0.25, 0.3) is 0 Å². The molecule has 11 heteroatoms. The van der Waals surface area contributed by atoms with Gasteiger partial charge in [-0.1, -0.05) is 0 Å². The minimum atomic E-state index is -1.02. The van der Waals surface area contributed by atoms with Crippen LogP contribution in [0, 0.1) is 12.8 Å². The predicted octanol–water partition coefficient (Wildman–Crippen LogP) is 1.91. The van der Waals surface area contributed by atoms with Crippen molar-refractivity contribution in [2.45, 2.75) is 50.4 Å². The molecule has 10 nitrogen and oxygen atoms in total. The molecule has 5 N–H and O–H groups in total. The maximum atomic E-state index is 10.6. The van der Waals surface area contributed by atoms with E-state index in [2.05, 4.69) is 20.6 Å². The summed E-state index contributed by atoms with van der Waals surface area (Å²) in [5, 5.41) is 37.9. The van der Waals surface area contributed by atoms with Gasteiger partial charge in [0, 0.05) is 38.3 Å². The lowest BCUT2D eigenvalue weighted by Gasteiger charge is -2.24. The van der Waals surface area contributed by atoms with Crippen molar-refractivity contribution >= 4 is 33.3 Å². The molecule has 3 aromatic heterocycles. The minimum absolute atomic E-state index is 0.151. The van der Waals surface area contributed by atoms with Gasteiger partial charge in [-0.05, 0) is 32.3 Å². The van der Waals surface area contributed by atoms with Gasteiger partial charge in [0.1, 0.15) is 22.4 Å². The first-order chi connectivity index (χ1) is 16.5. The lowest BCUT2D eigenvalue weighted by Crippen LogP contribution is -2.38. The van der Waals surface area contributed by atoms with Crippen LogP contribution in [0.5, 0.6) is 0 Å². The van der Waals surface area contributed by atoms with Gasteiger partial charge in [0.2, 0.25) is 5.95 Å². The number of aliphatic hydroxyl groups excluding tert-OH is 3. The summed E-state index contributed by atoms with van der Waals surface area (Å²) in [7, 11) is 1.63. The zero-order valence-electron chi connectivity index (χ0n) is 19.2. The van der Waals surface area contributed by atoms with Crippen LogP contribution in [0.15, 0.2) is 12.3 Å². The van der Waals surface area contributed by atoms with Crippen LogP contribution in [0.3, 0.4) is 0 Å². The van der Waals surface area contributed by atoms with Crippen molar-refractivity contribution < 1.29 is 20.1 Å². The van der Waals surface area contributed by atoms with E-state index in [0.29, 0.717) is 37.3 Å². The molecule has 4 atom stereocenters. The molecule has 34 heavy (non-hydrogen) atoms. The Bertz CT molecular complexity index is 1170. The first kappa shape index (κ1) is 23.3. The van der Waals surface area contributed by atoms with Crippen molar-refractivity contribution in [1.29, 1.82) is 0 Å². The summed E-state index contributed by atoms with van der Waals surface area (Å²) in [5.41, 5.74) is 3.43. The number of hydrogen-bond acceptors (Lipinski definition) is 11. The van der Waals surface area contributed by atoms with Crippen LogP contribution in [0.2, 0.25) is 0 Å². The smallest absolute Gasteiger partial charge is 0.224 e. The number of ether oxygens (including phenoxy) is 1. The van der Waals surface area contributed by atoms with E-state index in [1.165, 1.54) is 0 Å². The van der Waals surface area contributed by atoms with Crippen LogP contribution in [-0.4, -0.2) is 80.4 Å². The van der Waals surface area contributed by atoms with E-state index in [4.69, 9.17) is 14.7 Å². The van der Waals surface area contributed by atoms with Gasteiger partial charge in [-0.2, -0.15) is 4.98 Å². The number of anilines is 2. The Balaban J connectivity index is 1.57. The zero-order chi connectivity index (χ0) is 23.8. The Kier molecular flexibility index (Phi) is 6.63. The normalized spacial score (nSPS) is 24.6. The molecule has 0 saturated heterocycles. The number of nitrogens with one attached hydrogen (secondary N) is 2. The highest BCUT2D eigenvalue weighted by molar-refractivity contribution is 7.21. The topological polar surface area (TPSA) is 146 Å². The van der Waals surface area contributed by atoms with Crippen LogP contribution < -0.4 is 10.6 Å². The Morgan fingerprint density at radius 2 is 2.03 bits per heavy atom. The third-order valence-electron chi connectivity index (χ3n) is 6.54. The number of aryl methyl sites for hydroxylation is 1. The van der Waals surface area contributed by atoms with Crippen LogP contribution in [0.4, 0.5) is 11.8 Å². The highest BCUT2D eigenvalue weighted by Crippen LogP contribution is 2.44. The van der Waals surface area contributed by atoms with Gasteiger partial charge in [0.05, 0.1) is 40.4 Å². The van der Waals surface area contributed by atoms with Crippen molar-refractivity contribution in [1.82, 2.24) is 19.9 Å². The number of aliphatic hydroxyl groups is 3. The third kappa shape index (κ3) is 4.46. The van der Waals surface area contributed by atoms with E-state index in [9.17, 15) is 15.3 Å². The molecule has 0 bridgehead atoms. The zero-order valence-corrected chi connectivity index (χ0v) is 20.0. The first-order valence-corrected chi connectivity index (χ1v) is 12.4. The SMILES string of the molecule is COCCNc1nc(C)c(-c2nc3c(C4CC4)nccc3s2)c(N[C@@H]2[C@H](CO)C[C@@H](O)[C@H]2O)n1. The van der Waals surface area contributed by atoms with E-state index in [1.54, 1.807) is 18.4 Å². The van der Waals surface area contributed by atoms with Gasteiger partial charge in [-0.25, -0.2) is 9.97 Å². The number of nitrogens with zero attached hydrogens (tertiary/aromatic N) is 4. The van der Waals surface area contributed by atoms with Crippen molar-refractivity contribution in [3.63, 3.8) is 0 Å². The summed E-state index contributed by atoms with van der Waals surface area (Å²) in [6, 6.07) is 1.42. The molecular formula is C23H30N6O4S. The average molecular weight is 487 g/mol. The first-order valence-electron chi connectivity index (χ1n) is 11.6. The average Bonchev–Trinajstić information content (AvgIpc) is 3.52. The quantitative estimate of drug-likeness (QED) is 0.284. The molecule has 0 aliphatic heterocycles. The number of fused-ring (bicyclic) bond motifs is 1. The van der Waals surface area contributed by atoms with Crippen molar-refractivity contribution in [3.8, 4) is 10.6 Å². The molecule has 182 valence electrons. The van der Waals surface area contributed by atoms with Gasteiger partial charge < -0.3 is 30.7 Å². The van der Waals surface area contributed by atoms with Crippen LogP contribution in [0.1, 0.15) is 36.6 Å². The molecule has 2 aliphatic carbocycles. The van der Waals surface area contributed by atoms with Gasteiger partial charge in [-0.15, -0.1) is 11.3 Å². The third-order valence-corrected chi connectivity index (χ3v) is 7.58. The summed E-state index contributed by atoms with van der Waals surface area (Å²) in [5.74, 6) is 1.10. The number of aromatic nitrogens is 4. The van der Waals surface area contributed by atoms with Crippen LogP contribution >= 0.6 is 11.3 Å². The Labute approximate surface area is 201 Å². The lowest BCUT2D eigenvalue weighted by molar-refractivity contribution is 0.0390. The standard InChI is InChI=1S/C23H30N6O4S/c1-11-16(22-28-19-15(34-22)5-6-24-17(19)12-3-4-12)21(29-23(26-11)25-7-8-33-2)27-18-13(10-30)9-14(31)20(18)32/h5-6,12-14,18,20,30-32H,3-4,7-10H2,1-2H3,(H2,25,26,27,29)/t13-,14+,18+,20+/m0/s1. The molecule has 2 fully saturated rings. The summed E-state index contributed by atoms with van der Waals surface area (Å²) < 4.78 is 6.17. The number of methoxy groups -OCH3 is 1. The highest BCUT2D eigenvalue weighted by atomic mass is 32.1. The summed E-state index contributed by atoms with van der Waals surface area (Å²) >= 11 is 1.56. The Morgan fingerprint density at radius 3 is 2.76 bits per heavy atom. The van der Waals surface area contributed by atoms with Crippen LogP contribution in [0.25, 0.3) is 20.8 Å². The van der Waals surface area contributed by atoms with E-state index in [1.807, 2.05) is 19.2 Å². The molecular weight excluding hydrogens is 456 g/mol. The predicted molar refractivity (Wildman–Crippen MR) is 130 cm³/mol. The molecule has 2 saturated carbocycles. The Morgan fingerprint density at radius 1 is 1.21 bits per heavy atom. The lowest BCUT2D eigenvalue weighted by atomic mass is 10.0. The molecule has 0 aromatic carbocycles. The minimum Gasteiger partial charge on any atom is -0.396 e.